The number of halogens is 1. The smallest absolute Gasteiger partial charge is 0.275 e. The SMILES string of the molecule is CN(C(=O)c1n[nH]c(C2CC2)c1Br)C1CC2CCC(C1)N2. The summed E-state index contributed by atoms with van der Waals surface area (Å²) in [6.07, 6.45) is 7.03. The summed E-state index contributed by atoms with van der Waals surface area (Å²) >= 11 is 3.57. The van der Waals surface area contributed by atoms with Crippen molar-refractivity contribution in [1.82, 2.24) is 20.4 Å². The second-order valence-corrected chi connectivity index (χ2v) is 7.55. The molecule has 114 valence electrons. The molecule has 2 unspecified atom stereocenters. The Morgan fingerprint density at radius 1 is 1.24 bits per heavy atom. The zero-order valence-electron chi connectivity index (χ0n) is 12.2. The van der Waals surface area contributed by atoms with E-state index in [9.17, 15) is 4.79 Å². The van der Waals surface area contributed by atoms with Crippen LogP contribution in [0.1, 0.15) is 60.6 Å². The average molecular weight is 353 g/mol. The minimum Gasteiger partial charge on any atom is -0.337 e. The van der Waals surface area contributed by atoms with E-state index in [-0.39, 0.29) is 5.91 Å². The number of hydrogen-bond acceptors (Lipinski definition) is 3. The highest BCUT2D eigenvalue weighted by atomic mass is 79.9. The van der Waals surface area contributed by atoms with Crippen LogP contribution in [0.3, 0.4) is 0 Å². The Kier molecular flexibility index (Phi) is 3.34. The molecule has 3 fully saturated rings. The van der Waals surface area contributed by atoms with Crippen molar-refractivity contribution in [1.29, 1.82) is 0 Å². The number of hydrogen-bond donors (Lipinski definition) is 2. The zero-order chi connectivity index (χ0) is 14.6. The van der Waals surface area contributed by atoms with E-state index in [1.807, 2.05) is 11.9 Å². The largest absolute Gasteiger partial charge is 0.337 e. The summed E-state index contributed by atoms with van der Waals surface area (Å²) in [5, 5.41) is 10.9. The highest BCUT2D eigenvalue weighted by molar-refractivity contribution is 9.10. The van der Waals surface area contributed by atoms with Crippen molar-refractivity contribution in [2.75, 3.05) is 7.05 Å². The van der Waals surface area contributed by atoms with Crippen LogP contribution < -0.4 is 5.32 Å². The van der Waals surface area contributed by atoms with Crippen LogP contribution in [0, 0.1) is 0 Å². The second-order valence-electron chi connectivity index (χ2n) is 6.75. The van der Waals surface area contributed by atoms with Crippen LogP contribution in [0.5, 0.6) is 0 Å². The molecule has 2 atom stereocenters. The number of rotatable bonds is 3. The zero-order valence-corrected chi connectivity index (χ0v) is 13.8. The van der Waals surface area contributed by atoms with Gasteiger partial charge in [0.15, 0.2) is 5.69 Å². The summed E-state index contributed by atoms with van der Waals surface area (Å²) in [5.41, 5.74) is 1.64. The number of nitrogens with one attached hydrogen (secondary N) is 2. The molecule has 5 nitrogen and oxygen atoms in total. The van der Waals surface area contributed by atoms with Crippen molar-refractivity contribution in [2.45, 2.75) is 62.6 Å². The van der Waals surface area contributed by atoms with Crippen molar-refractivity contribution in [3.05, 3.63) is 15.9 Å². The fraction of sp³-hybridized carbons (Fsp3) is 0.733. The Morgan fingerprint density at radius 3 is 2.52 bits per heavy atom. The Hall–Kier alpha value is -0.880. The molecule has 1 aliphatic carbocycles. The van der Waals surface area contributed by atoms with Crippen molar-refractivity contribution in [3.8, 4) is 0 Å². The van der Waals surface area contributed by atoms with Gasteiger partial charge in [-0.15, -0.1) is 0 Å². The molecular formula is C15H21BrN4O. The lowest BCUT2D eigenvalue weighted by atomic mass is 9.98. The Balaban J connectivity index is 1.51. The van der Waals surface area contributed by atoms with Gasteiger partial charge in [-0.1, -0.05) is 0 Å². The van der Waals surface area contributed by atoms with Gasteiger partial charge < -0.3 is 10.2 Å². The van der Waals surface area contributed by atoms with E-state index in [2.05, 4.69) is 31.4 Å². The lowest BCUT2D eigenvalue weighted by molar-refractivity contribution is 0.0675. The first-order valence-corrected chi connectivity index (χ1v) is 8.69. The van der Waals surface area contributed by atoms with Crippen LogP contribution in [0.4, 0.5) is 0 Å². The number of aromatic amines is 1. The van der Waals surface area contributed by atoms with Crippen LogP contribution in [0.25, 0.3) is 0 Å². The van der Waals surface area contributed by atoms with Crippen LogP contribution in [-0.4, -0.2) is 46.2 Å². The van der Waals surface area contributed by atoms with E-state index < -0.39 is 0 Å². The maximum Gasteiger partial charge on any atom is 0.275 e. The minimum atomic E-state index is 0.0383. The monoisotopic (exact) mass is 352 g/mol. The number of aromatic nitrogens is 2. The minimum absolute atomic E-state index is 0.0383. The predicted molar refractivity (Wildman–Crippen MR) is 83.3 cm³/mol. The molecule has 0 radical (unpaired) electrons. The summed E-state index contributed by atoms with van der Waals surface area (Å²) in [4.78, 5) is 14.7. The van der Waals surface area contributed by atoms with E-state index in [4.69, 9.17) is 0 Å². The number of H-pyrrole nitrogens is 1. The molecule has 4 rings (SSSR count). The van der Waals surface area contributed by atoms with Crippen molar-refractivity contribution in [2.24, 2.45) is 0 Å². The third kappa shape index (κ3) is 2.42. The van der Waals surface area contributed by atoms with Crippen molar-refractivity contribution < 1.29 is 4.79 Å². The van der Waals surface area contributed by atoms with Gasteiger partial charge >= 0.3 is 0 Å². The molecule has 3 aliphatic rings. The maximum absolute atomic E-state index is 12.7. The molecule has 2 saturated heterocycles. The van der Waals surface area contributed by atoms with Crippen LogP contribution >= 0.6 is 15.9 Å². The van der Waals surface area contributed by atoms with Crippen LogP contribution in [0.2, 0.25) is 0 Å². The lowest BCUT2D eigenvalue weighted by Gasteiger charge is -2.35. The number of amides is 1. The van der Waals surface area contributed by atoms with Gasteiger partial charge in [0.25, 0.3) is 5.91 Å². The molecule has 21 heavy (non-hydrogen) atoms. The Bertz CT molecular complexity index is 556. The summed E-state index contributed by atoms with van der Waals surface area (Å²) in [6.45, 7) is 0. The van der Waals surface area contributed by atoms with Gasteiger partial charge in [0.2, 0.25) is 0 Å². The molecule has 2 bridgehead atoms. The third-order valence-electron chi connectivity index (χ3n) is 5.24. The maximum atomic E-state index is 12.7. The molecular weight excluding hydrogens is 332 g/mol. The van der Waals surface area contributed by atoms with E-state index in [0.29, 0.717) is 29.7 Å². The van der Waals surface area contributed by atoms with E-state index in [0.717, 1.165) is 23.0 Å². The molecule has 6 heteroatoms. The predicted octanol–water partition coefficient (Wildman–Crippen LogP) is 2.40. The fourth-order valence-electron chi connectivity index (χ4n) is 3.80. The number of carbonyl (C=O) groups excluding carboxylic acids is 1. The quantitative estimate of drug-likeness (QED) is 0.877. The van der Waals surface area contributed by atoms with E-state index >= 15 is 0 Å². The van der Waals surface area contributed by atoms with Gasteiger partial charge in [-0.2, -0.15) is 5.10 Å². The molecule has 2 aliphatic heterocycles. The first kappa shape index (κ1) is 13.8. The number of carbonyl (C=O) groups is 1. The molecule has 1 aromatic rings. The number of fused-ring (bicyclic) bond motifs is 2. The summed E-state index contributed by atoms with van der Waals surface area (Å²) in [6, 6.07) is 1.52. The molecule has 0 aromatic carbocycles. The second kappa shape index (κ2) is 5.09. The summed E-state index contributed by atoms with van der Waals surface area (Å²) < 4.78 is 0.874. The topological polar surface area (TPSA) is 61.0 Å². The number of piperidine rings is 1. The van der Waals surface area contributed by atoms with Gasteiger partial charge in [-0.25, -0.2) is 0 Å². The average Bonchev–Trinajstić information content (AvgIpc) is 3.18. The van der Waals surface area contributed by atoms with E-state index in [1.165, 1.54) is 25.7 Å². The fourth-order valence-corrected chi connectivity index (χ4v) is 4.47. The number of nitrogens with zero attached hydrogens (tertiary/aromatic N) is 2. The van der Waals surface area contributed by atoms with Crippen LogP contribution in [-0.2, 0) is 0 Å². The molecule has 1 amide bonds. The standard InChI is InChI=1S/C15H21BrN4O/c1-20(11-6-9-4-5-10(7-11)17-9)15(21)14-12(16)13(18-19-14)8-2-3-8/h8-11,17H,2-7H2,1H3,(H,18,19). The summed E-state index contributed by atoms with van der Waals surface area (Å²) in [7, 11) is 1.93. The van der Waals surface area contributed by atoms with Gasteiger partial charge in [-0.05, 0) is 54.5 Å². The Labute approximate surface area is 133 Å². The first-order valence-electron chi connectivity index (χ1n) is 7.90. The summed E-state index contributed by atoms with van der Waals surface area (Å²) in [5.74, 6) is 0.602. The molecule has 1 saturated carbocycles. The van der Waals surface area contributed by atoms with Crippen molar-refractivity contribution >= 4 is 21.8 Å². The molecule has 3 heterocycles. The molecule has 2 N–H and O–H groups in total. The normalized spacial score (nSPS) is 31.4. The lowest BCUT2D eigenvalue weighted by Crippen LogP contribution is -2.48. The third-order valence-corrected chi connectivity index (χ3v) is 6.04. The van der Waals surface area contributed by atoms with Gasteiger partial charge in [0.1, 0.15) is 0 Å². The van der Waals surface area contributed by atoms with Crippen molar-refractivity contribution in [3.63, 3.8) is 0 Å². The van der Waals surface area contributed by atoms with Gasteiger partial charge in [0.05, 0.1) is 10.2 Å². The molecule has 0 spiro atoms. The highest BCUT2D eigenvalue weighted by Crippen LogP contribution is 2.43. The Morgan fingerprint density at radius 2 is 1.90 bits per heavy atom. The highest BCUT2D eigenvalue weighted by Gasteiger charge is 2.38. The molecule has 1 aromatic heterocycles. The first-order chi connectivity index (χ1) is 10.1. The van der Waals surface area contributed by atoms with E-state index in [1.54, 1.807) is 0 Å². The van der Waals surface area contributed by atoms with Gasteiger partial charge in [0, 0.05) is 31.1 Å². The van der Waals surface area contributed by atoms with Crippen LogP contribution in [0.15, 0.2) is 4.47 Å². The van der Waals surface area contributed by atoms with Gasteiger partial charge in [-0.3, -0.25) is 9.89 Å².